The first kappa shape index (κ1) is 15.2. The van der Waals surface area contributed by atoms with Gasteiger partial charge in [-0.15, -0.1) is 0 Å². The number of hydrogen-bond donors (Lipinski definition) is 0. The number of rotatable bonds is 1. The van der Waals surface area contributed by atoms with E-state index in [9.17, 15) is 0 Å². The third kappa shape index (κ3) is 3.29. The second-order valence-corrected chi connectivity index (χ2v) is 6.08. The number of fused-ring (bicyclic) bond motifs is 1. The van der Waals surface area contributed by atoms with Crippen molar-refractivity contribution >= 4 is 10.8 Å². The van der Waals surface area contributed by atoms with Crippen molar-refractivity contribution in [2.75, 3.05) is 0 Å². The lowest BCUT2D eigenvalue weighted by Gasteiger charge is -2.08. The standard InChI is InChI=1S/C24H17N/c1-18-15-22(21-5-3-2-4-6-21)17-23-16-20(9-10-24(18)23)8-7-19-11-13-25-14-12-19/h2-6,9-17H,1H3. The monoisotopic (exact) mass is 319 g/mol. The van der Waals surface area contributed by atoms with E-state index in [1.54, 1.807) is 12.4 Å². The van der Waals surface area contributed by atoms with Crippen molar-refractivity contribution in [3.63, 3.8) is 0 Å². The molecule has 0 atom stereocenters. The van der Waals surface area contributed by atoms with Crippen molar-refractivity contribution in [2.45, 2.75) is 6.92 Å². The van der Waals surface area contributed by atoms with Gasteiger partial charge in [0, 0.05) is 23.5 Å². The van der Waals surface area contributed by atoms with Crippen LogP contribution in [0.25, 0.3) is 21.9 Å². The minimum atomic E-state index is 0.976. The van der Waals surface area contributed by atoms with Crippen molar-refractivity contribution in [1.29, 1.82) is 0 Å². The van der Waals surface area contributed by atoms with E-state index < -0.39 is 0 Å². The van der Waals surface area contributed by atoms with Gasteiger partial charge in [-0.25, -0.2) is 0 Å². The Morgan fingerprint density at radius 2 is 1.44 bits per heavy atom. The molecule has 1 nitrogen and oxygen atoms in total. The Labute approximate surface area is 148 Å². The molecule has 0 radical (unpaired) electrons. The maximum Gasteiger partial charge on any atom is 0.0280 e. The molecule has 1 heterocycles. The second kappa shape index (κ2) is 6.63. The highest BCUT2D eigenvalue weighted by atomic mass is 14.6. The third-order valence-electron chi connectivity index (χ3n) is 4.30. The lowest BCUT2D eigenvalue weighted by Crippen LogP contribution is -1.85. The Morgan fingerprint density at radius 3 is 2.24 bits per heavy atom. The third-order valence-corrected chi connectivity index (χ3v) is 4.30. The van der Waals surface area contributed by atoms with Crippen LogP contribution in [0.2, 0.25) is 0 Å². The molecule has 0 unspecified atom stereocenters. The molecule has 0 N–H and O–H groups in total. The molecule has 0 aliphatic heterocycles. The first-order valence-electron chi connectivity index (χ1n) is 8.31. The summed E-state index contributed by atoms with van der Waals surface area (Å²) in [6, 6.07) is 25.2. The number of aryl methyl sites for hydroxylation is 1. The molecule has 0 amide bonds. The molecular weight excluding hydrogens is 302 g/mol. The molecule has 118 valence electrons. The van der Waals surface area contributed by atoms with Crippen molar-refractivity contribution < 1.29 is 0 Å². The van der Waals surface area contributed by atoms with E-state index in [0.29, 0.717) is 0 Å². The SMILES string of the molecule is Cc1cc(-c2ccccc2)cc2cc(C#Cc3ccncc3)ccc12. The van der Waals surface area contributed by atoms with Crippen LogP contribution in [0.1, 0.15) is 16.7 Å². The minimum Gasteiger partial charge on any atom is -0.265 e. The van der Waals surface area contributed by atoms with Crippen LogP contribution in [-0.2, 0) is 0 Å². The summed E-state index contributed by atoms with van der Waals surface area (Å²) in [6.45, 7) is 2.16. The van der Waals surface area contributed by atoms with E-state index in [-0.39, 0.29) is 0 Å². The van der Waals surface area contributed by atoms with Gasteiger partial charge in [-0.3, -0.25) is 4.98 Å². The molecule has 0 saturated carbocycles. The summed E-state index contributed by atoms with van der Waals surface area (Å²) in [7, 11) is 0. The Morgan fingerprint density at radius 1 is 0.680 bits per heavy atom. The smallest absolute Gasteiger partial charge is 0.0280 e. The second-order valence-electron chi connectivity index (χ2n) is 6.08. The quantitative estimate of drug-likeness (QED) is 0.416. The average Bonchev–Trinajstić information content (AvgIpc) is 2.67. The minimum absolute atomic E-state index is 0.976. The molecule has 0 aliphatic carbocycles. The molecule has 0 bridgehead atoms. The Hall–Kier alpha value is -3.37. The molecule has 0 spiro atoms. The highest BCUT2D eigenvalue weighted by Crippen LogP contribution is 2.28. The van der Waals surface area contributed by atoms with Gasteiger partial charge in [0.1, 0.15) is 0 Å². The van der Waals surface area contributed by atoms with Gasteiger partial charge in [0.25, 0.3) is 0 Å². The van der Waals surface area contributed by atoms with Gasteiger partial charge in [0.05, 0.1) is 0 Å². The normalized spacial score (nSPS) is 10.3. The van der Waals surface area contributed by atoms with E-state index in [1.165, 1.54) is 27.5 Å². The van der Waals surface area contributed by atoms with Crippen LogP contribution in [-0.4, -0.2) is 4.98 Å². The van der Waals surface area contributed by atoms with Gasteiger partial charge in [0.2, 0.25) is 0 Å². The van der Waals surface area contributed by atoms with Gasteiger partial charge in [-0.2, -0.15) is 0 Å². The molecule has 0 aliphatic rings. The van der Waals surface area contributed by atoms with Crippen LogP contribution in [0.15, 0.2) is 85.2 Å². The zero-order chi connectivity index (χ0) is 17.1. The maximum atomic E-state index is 4.02. The summed E-state index contributed by atoms with van der Waals surface area (Å²) >= 11 is 0. The zero-order valence-corrected chi connectivity index (χ0v) is 14.0. The summed E-state index contributed by atoms with van der Waals surface area (Å²) in [5.74, 6) is 6.45. The van der Waals surface area contributed by atoms with Crippen molar-refractivity contribution in [3.8, 4) is 23.0 Å². The summed E-state index contributed by atoms with van der Waals surface area (Å²) in [6.07, 6.45) is 3.53. The Balaban J connectivity index is 1.78. The Bertz CT molecular complexity index is 1080. The number of benzene rings is 3. The van der Waals surface area contributed by atoms with E-state index in [1.807, 2.05) is 18.2 Å². The predicted octanol–water partition coefficient (Wildman–Crippen LogP) is 5.61. The molecule has 4 rings (SSSR count). The van der Waals surface area contributed by atoms with Crippen LogP contribution in [0.3, 0.4) is 0 Å². The molecule has 1 aromatic heterocycles. The zero-order valence-electron chi connectivity index (χ0n) is 14.0. The fourth-order valence-corrected chi connectivity index (χ4v) is 3.02. The predicted molar refractivity (Wildman–Crippen MR) is 104 cm³/mol. The highest BCUT2D eigenvalue weighted by molar-refractivity contribution is 5.91. The molecule has 3 aromatic carbocycles. The van der Waals surface area contributed by atoms with Crippen LogP contribution in [0, 0.1) is 18.8 Å². The maximum absolute atomic E-state index is 4.02. The van der Waals surface area contributed by atoms with E-state index in [4.69, 9.17) is 0 Å². The van der Waals surface area contributed by atoms with Crippen LogP contribution < -0.4 is 0 Å². The molecular formula is C24H17N. The molecule has 0 saturated heterocycles. The fourth-order valence-electron chi connectivity index (χ4n) is 3.02. The summed E-state index contributed by atoms with van der Waals surface area (Å²) in [5, 5.41) is 2.49. The highest BCUT2D eigenvalue weighted by Gasteiger charge is 2.03. The number of pyridine rings is 1. The summed E-state index contributed by atoms with van der Waals surface area (Å²) < 4.78 is 0. The van der Waals surface area contributed by atoms with Crippen LogP contribution in [0.5, 0.6) is 0 Å². The van der Waals surface area contributed by atoms with Gasteiger partial charge in [0.15, 0.2) is 0 Å². The van der Waals surface area contributed by atoms with Gasteiger partial charge < -0.3 is 0 Å². The number of aromatic nitrogens is 1. The molecule has 25 heavy (non-hydrogen) atoms. The lowest BCUT2D eigenvalue weighted by atomic mass is 9.96. The number of nitrogens with zero attached hydrogens (tertiary/aromatic N) is 1. The largest absolute Gasteiger partial charge is 0.265 e. The fraction of sp³-hybridized carbons (Fsp3) is 0.0417. The lowest BCUT2D eigenvalue weighted by molar-refractivity contribution is 1.32. The van der Waals surface area contributed by atoms with Crippen molar-refractivity contribution in [2.24, 2.45) is 0 Å². The van der Waals surface area contributed by atoms with E-state index in [0.717, 1.165) is 11.1 Å². The van der Waals surface area contributed by atoms with Crippen LogP contribution >= 0.6 is 0 Å². The van der Waals surface area contributed by atoms with Gasteiger partial charge in [-0.1, -0.05) is 54.3 Å². The first-order valence-corrected chi connectivity index (χ1v) is 8.31. The van der Waals surface area contributed by atoms with Crippen molar-refractivity contribution in [3.05, 3.63) is 102 Å². The van der Waals surface area contributed by atoms with E-state index >= 15 is 0 Å². The molecule has 4 aromatic rings. The average molecular weight is 319 g/mol. The van der Waals surface area contributed by atoms with Crippen LogP contribution in [0.4, 0.5) is 0 Å². The topological polar surface area (TPSA) is 12.9 Å². The summed E-state index contributed by atoms with van der Waals surface area (Å²) in [5.41, 5.74) is 5.76. The summed E-state index contributed by atoms with van der Waals surface area (Å²) in [4.78, 5) is 4.02. The molecule has 1 heteroatoms. The van der Waals surface area contributed by atoms with Gasteiger partial charge >= 0.3 is 0 Å². The van der Waals surface area contributed by atoms with Gasteiger partial charge in [-0.05, 0) is 64.7 Å². The molecule has 0 fully saturated rings. The number of hydrogen-bond acceptors (Lipinski definition) is 1. The van der Waals surface area contributed by atoms with Crippen molar-refractivity contribution in [1.82, 2.24) is 4.98 Å². The Kier molecular flexibility index (Phi) is 4.02. The first-order chi connectivity index (χ1) is 12.3. The van der Waals surface area contributed by atoms with E-state index in [2.05, 4.69) is 78.3 Å².